The fourth-order valence-corrected chi connectivity index (χ4v) is 2.98. The molecule has 0 spiro atoms. The van der Waals surface area contributed by atoms with E-state index in [0.717, 1.165) is 24.0 Å². The summed E-state index contributed by atoms with van der Waals surface area (Å²) in [7, 11) is 0. The van der Waals surface area contributed by atoms with Crippen LogP contribution in [0.5, 0.6) is 0 Å². The Balaban J connectivity index is 3.19. The lowest BCUT2D eigenvalue weighted by atomic mass is 9.71. The molecule has 0 radical (unpaired) electrons. The van der Waals surface area contributed by atoms with Crippen LogP contribution in [0.4, 0.5) is 0 Å². The predicted molar refractivity (Wildman–Crippen MR) is 74.6 cm³/mol. The highest BCUT2D eigenvalue weighted by atomic mass is 79.9. The largest absolute Gasteiger partial charge is 0.460 e. The van der Waals surface area contributed by atoms with Crippen molar-refractivity contribution in [2.75, 3.05) is 5.33 Å². The third-order valence-electron chi connectivity index (χ3n) is 3.34. The van der Waals surface area contributed by atoms with E-state index in [4.69, 9.17) is 4.74 Å². The molecule has 1 aliphatic carbocycles. The number of ether oxygens (including phenoxy) is 1. The molecule has 0 saturated heterocycles. The maximum atomic E-state index is 11.1. The number of carbonyl (C=O) groups is 2. The fourth-order valence-electron chi connectivity index (χ4n) is 2.32. The summed E-state index contributed by atoms with van der Waals surface area (Å²) in [6.45, 7) is 6.32. The highest BCUT2D eigenvalue weighted by Gasteiger charge is 2.34. The van der Waals surface area contributed by atoms with Gasteiger partial charge in [0.25, 0.3) is 6.47 Å². The van der Waals surface area contributed by atoms with Gasteiger partial charge in [-0.05, 0) is 42.4 Å². The maximum Gasteiger partial charge on any atom is 0.293 e. The summed E-state index contributed by atoms with van der Waals surface area (Å²) in [5.41, 5.74) is 2.14. The molecular formula is C14H19BrO3. The van der Waals surface area contributed by atoms with E-state index in [9.17, 15) is 9.59 Å². The monoisotopic (exact) mass is 314 g/mol. The van der Waals surface area contributed by atoms with Crippen LogP contribution in [0.3, 0.4) is 0 Å². The second-order valence-electron chi connectivity index (χ2n) is 5.16. The van der Waals surface area contributed by atoms with E-state index in [0.29, 0.717) is 11.8 Å². The molecule has 0 aromatic rings. The molecule has 0 amide bonds. The van der Waals surface area contributed by atoms with Crippen molar-refractivity contribution in [2.24, 2.45) is 5.41 Å². The van der Waals surface area contributed by atoms with E-state index in [-0.39, 0.29) is 17.3 Å². The zero-order valence-corrected chi connectivity index (χ0v) is 12.6. The van der Waals surface area contributed by atoms with E-state index in [2.05, 4.69) is 29.8 Å². The van der Waals surface area contributed by atoms with E-state index in [1.807, 2.05) is 6.08 Å². The summed E-state index contributed by atoms with van der Waals surface area (Å²) in [6.07, 6.45) is 5.01. The van der Waals surface area contributed by atoms with Crippen molar-refractivity contribution in [3.8, 4) is 0 Å². The van der Waals surface area contributed by atoms with Crippen molar-refractivity contribution < 1.29 is 14.3 Å². The van der Waals surface area contributed by atoms with Gasteiger partial charge in [0.2, 0.25) is 0 Å². The van der Waals surface area contributed by atoms with Crippen LogP contribution >= 0.6 is 15.9 Å². The topological polar surface area (TPSA) is 43.4 Å². The van der Waals surface area contributed by atoms with Crippen molar-refractivity contribution >= 4 is 28.2 Å². The Bertz CT molecular complexity index is 394. The first-order valence-electron chi connectivity index (χ1n) is 5.99. The summed E-state index contributed by atoms with van der Waals surface area (Å²) in [5, 5.41) is 0.645. The Labute approximate surface area is 116 Å². The Morgan fingerprint density at radius 1 is 1.56 bits per heavy atom. The van der Waals surface area contributed by atoms with Crippen LogP contribution < -0.4 is 0 Å². The van der Waals surface area contributed by atoms with Crippen molar-refractivity contribution in [2.45, 2.75) is 39.7 Å². The predicted octanol–water partition coefficient (Wildman–Crippen LogP) is 3.18. The number of hydrogen-bond acceptors (Lipinski definition) is 3. The zero-order valence-electron chi connectivity index (χ0n) is 11.0. The molecule has 0 N–H and O–H groups in total. The van der Waals surface area contributed by atoms with Crippen LogP contribution in [0.1, 0.15) is 33.6 Å². The molecule has 1 aliphatic rings. The Morgan fingerprint density at radius 2 is 2.22 bits per heavy atom. The van der Waals surface area contributed by atoms with Gasteiger partial charge in [-0.15, -0.1) is 0 Å². The second kappa shape index (κ2) is 6.32. The second-order valence-corrected chi connectivity index (χ2v) is 5.72. The van der Waals surface area contributed by atoms with Gasteiger partial charge in [-0.1, -0.05) is 35.9 Å². The molecule has 0 aliphatic heterocycles. The number of alkyl halides is 1. The smallest absolute Gasteiger partial charge is 0.293 e. The van der Waals surface area contributed by atoms with Gasteiger partial charge in [0.05, 0.1) is 0 Å². The summed E-state index contributed by atoms with van der Waals surface area (Å²) in [4.78, 5) is 21.6. The first-order valence-corrected chi connectivity index (χ1v) is 7.11. The number of rotatable bonds is 5. The Hall–Kier alpha value is -0.900. The molecule has 3 nitrogen and oxygen atoms in total. The van der Waals surface area contributed by atoms with E-state index in [1.54, 1.807) is 6.08 Å². The number of halogens is 1. The lowest BCUT2D eigenvalue weighted by Crippen LogP contribution is -2.30. The van der Waals surface area contributed by atoms with Gasteiger partial charge in [-0.3, -0.25) is 9.59 Å². The number of carbonyl (C=O) groups excluding carboxylic acids is 2. The molecule has 1 unspecified atom stereocenters. The minimum absolute atomic E-state index is 0.00218. The van der Waals surface area contributed by atoms with Crippen LogP contribution in [0.15, 0.2) is 23.3 Å². The van der Waals surface area contributed by atoms with Gasteiger partial charge in [0, 0.05) is 5.33 Å². The number of allylic oxidation sites excluding steroid dienone is 3. The Kier molecular flexibility index (Phi) is 5.32. The van der Waals surface area contributed by atoms with Gasteiger partial charge in [-0.2, -0.15) is 0 Å². The molecule has 0 fully saturated rings. The fraction of sp³-hybridized carbons (Fsp3) is 0.571. The molecule has 1 atom stereocenters. The van der Waals surface area contributed by atoms with Gasteiger partial charge >= 0.3 is 0 Å². The zero-order chi connectivity index (χ0) is 13.8. The average Bonchev–Trinajstić information content (AvgIpc) is 2.29. The molecule has 1 rings (SSSR count). The minimum Gasteiger partial charge on any atom is -0.460 e. The van der Waals surface area contributed by atoms with Gasteiger partial charge in [0.1, 0.15) is 6.10 Å². The lowest BCUT2D eigenvalue weighted by Gasteiger charge is -2.37. The van der Waals surface area contributed by atoms with Crippen LogP contribution in [-0.4, -0.2) is 23.7 Å². The first kappa shape index (κ1) is 15.2. The van der Waals surface area contributed by atoms with Gasteiger partial charge in [0.15, 0.2) is 5.78 Å². The molecule has 0 aromatic heterocycles. The molecule has 0 saturated carbocycles. The van der Waals surface area contributed by atoms with Crippen molar-refractivity contribution in [3.63, 3.8) is 0 Å². The number of ketones is 1. The van der Waals surface area contributed by atoms with Gasteiger partial charge < -0.3 is 4.74 Å². The third kappa shape index (κ3) is 3.55. The number of hydrogen-bond donors (Lipinski definition) is 0. The van der Waals surface area contributed by atoms with Crippen LogP contribution in [0.25, 0.3) is 0 Å². The van der Waals surface area contributed by atoms with E-state index < -0.39 is 0 Å². The lowest BCUT2D eigenvalue weighted by molar-refractivity contribution is -0.132. The van der Waals surface area contributed by atoms with Crippen molar-refractivity contribution in [3.05, 3.63) is 23.3 Å². The SMILES string of the molecule is CC(=O)/C=C/C1=C(CBr)C(OC=O)CCC1(C)C. The average molecular weight is 315 g/mol. The quantitative estimate of drug-likeness (QED) is 0.444. The highest BCUT2D eigenvalue weighted by molar-refractivity contribution is 9.09. The summed E-state index contributed by atoms with van der Waals surface area (Å²) < 4.78 is 5.13. The molecule has 100 valence electrons. The Morgan fingerprint density at radius 3 is 2.72 bits per heavy atom. The maximum absolute atomic E-state index is 11.1. The molecule has 0 bridgehead atoms. The molecule has 18 heavy (non-hydrogen) atoms. The van der Waals surface area contributed by atoms with Crippen LogP contribution in [-0.2, 0) is 14.3 Å². The normalized spacial score (nSPS) is 23.2. The minimum atomic E-state index is -0.179. The van der Waals surface area contributed by atoms with Crippen LogP contribution in [0, 0.1) is 5.41 Å². The third-order valence-corrected chi connectivity index (χ3v) is 3.95. The summed E-state index contributed by atoms with van der Waals surface area (Å²) in [6, 6.07) is 0. The first-order chi connectivity index (χ1) is 8.42. The highest BCUT2D eigenvalue weighted by Crippen LogP contribution is 2.42. The van der Waals surface area contributed by atoms with E-state index in [1.165, 1.54) is 6.92 Å². The van der Waals surface area contributed by atoms with Crippen molar-refractivity contribution in [1.29, 1.82) is 0 Å². The molecular weight excluding hydrogens is 296 g/mol. The van der Waals surface area contributed by atoms with Gasteiger partial charge in [-0.25, -0.2) is 0 Å². The standard InChI is InChI=1S/C14H19BrO3/c1-10(17)4-5-12-11(8-15)13(18-9-16)6-7-14(12,2)3/h4-5,9,13H,6-8H2,1-3H3/b5-4+. The molecule has 0 heterocycles. The molecule has 4 heteroatoms. The van der Waals surface area contributed by atoms with Crippen LogP contribution in [0.2, 0.25) is 0 Å². The van der Waals surface area contributed by atoms with Crippen molar-refractivity contribution in [1.82, 2.24) is 0 Å². The summed E-state index contributed by atoms with van der Waals surface area (Å²) >= 11 is 3.45. The summed E-state index contributed by atoms with van der Waals surface area (Å²) in [5.74, 6) is 0.0191. The molecule has 0 aromatic carbocycles. The van der Waals surface area contributed by atoms with E-state index >= 15 is 0 Å².